The third-order valence-electron chi connectivity index (χ3n) is 3.97. The molecule has 0 spiro atoms. The molecule has 1 saturated heterocycles. The van der Waals surface area contributed by atoms with Crippen LogP contribution in [0.1, 0.15) is 30.6 Å². The highest BCUT2D eigenvalue weighted by molar-refractivity contribution is 5.94. The van der Waals surface area contributed by atoms with Gasteiger partial charge in [-0.2, -0.15) is 0 Å². The first-order valence-corrected chi connectivity index (χ1v) is 7.72. The van der Waals surface area contributed by atoms with Gasteiger partial charge in [-0.25, -0.2) is 4.79 Å². The predicted octanol–water partition coefficient (Wildman–Crippen LogP) is 2.06. The molecule has 1 fully saturated rings. The fourth-order valence-corrected chi connectivity index (χ4v) is 2.97. The number of aromatic hydroxyl groups is 1. The van der Waals surface area contributed by atoms with Crippen LogP contribution < -0.4 is 4.74 Å². The molecule has 0 aromatic heterocycles. The molecule has 1 heterocycles. The van der Waals surface area contributed by atoms with Crippen LogP contribution in [0.2, 0.25) is 0 Å². The molecule has 0 radical (unpaired) electrons. The number of esters is 1. The van der Waals surface area contributed by atoms with Crippen LogP contribution >= 0.6 is 0 Å². The summed E-state index contributed by atoms with van der Waals surface area (Å²) in [4.78, 5) is 25.9. The number of rotatable bonds is 4. The zero-order valence-electron chi connectivity index (χ0n) is 13.7. The van der Waals surface area contributed by atoms with E-state index < -0.39 is 5.97 Å². The zero-order valence-corrected chi connectivity index (χ0v) is 13.7. The molecule has 0 bridgehead atoms. The number of amides is 1. The van der Waals surface area contributed by atoms with Gasteiger partial charge in [0.15, 0.2) is 6.61 Å². The Balaban J connectivity index is 1.92. The lowest BCUT2D eigenvalue weighted by molar-refractivity contribution is -0.137. The van der Waals surface area contributed by atoms with Gasteiger partial charge in [0.25, 0.3) is 5.91 Å². The number of phenolic OH excluding ortho intramolecular Hbond substituents is 1. The Hall–Kier alpha value is -2.24. The number of hydrogen-bond acceptors (Lipinski definition) is 5. The van der Waals surface area contributed by atoms with Crippen molar-refractivity contribution in [2.75, 3.05) is 26.8 Å². The van der Waals surface area contributed by atoms with Crippen molar-refractivity contribution < 1.29 is 24.2 Å². The molecule has 1 aliphatic rings. The van der Waals surface area contributed by atoms with Crippen molar-refractivity contribution in [3.8, 4) is 11.5 Å². The quantitative estimate of drug-likeness (QED) is 0.859. The molecule has 1 aromatic carbocycles. The Kier molecular flexibility index (Phi) is 5.47. The van der Waals surface area contributed by atoms with Crippen LogP contribution in [-0.4, -0.2) is 48.7 Å². The highest BCUT2D eigenvalue weighted by Crippen LogP contribution is 2.24. The van der Waals surface area contributed by atoms with Crippen LogP contribution in [0.5, 0.6) is 11.5 Å². The molecule has 0 unspecified atom stereocenters. The Labute approximate surface area is 136 Å². The van der Waals surface area contributed by atoms with Crippen molar-refractivity contribution in [1.82, 2.24) is 4.90 Å². The molecular formula is C17H23NO5. The van der Waals surface area contributed by atoms with E-state index in [4.69, 9.17) is 9.47 Å². The summed E-state index contributed by atoms with van der Waals surface area (Å²) in [6, 6.07) is 4.28. The summed E-state index contributed by atoms with van der Waals surface area (Å²) < 4.78 is 9.99. The van der Waals surface area contributed by atoms with Gasteiger partial charge in [0.05, 0.1) is 7.11 Å². The molecule has 2 rings (SSSR count). The predicted molar refractivity (Wildman–Crippen MR) is 84.5 cm³/mol. The maximum absolute atomic E-state index is 12.2. The van der Waals surface area contributed by atoms with E-state index >= 15 is 0 Å². The van der Waals surface area contributed by atoms with Crippen LogP contribution in [-0.2, 0) is 9.53 Å². The fraction of sp³-hybridized carbons (Fsp3) is 0.529. The second kappa shape index (κ2) is 7.35. The van der Waals surface area contributed by atoms with E-state index in [0.717, 1.165) is 6.42 Å². The summed E-state index contributed by atoms with van der Waals surface area (Å²) in [5.74, 6) is 0.169. The molecule has 1 aliphatic heterocycles. The van der Waals surface area contributed by atoms with Gasteiger partial charge in [-0.3, -0.25) is 4.79 Å². The standard InChI is InChI=1S/C17H23NO5/c1-11-6-12(2)9-18(8-11)16(20)10-23-17(21)14-5-4-13(22-3)7-15(14)19/h4-5,7,11-12,19H,6,8-10H2,1-3H3/t11-,12+. The Morgan fingerprint density at radius 3 is 2.48 bits per heavy atom. The maximum Gasteiger partial charge on any atom is 0.342 e. The van der Waals surface area contributed by atoms with Gasteiger partial charge in [-0.15, -0.1) is 0 Å². The van der Waals surface area contributed by atoms with Crippen molar-refractivity contribution in [2.45, 2.75) is 20.3 Å². The summed E-state index contributed by atoms with van der Waals surface area (Å²) in [5, 5.41) is 9.80. The zero-order chi connectivity index (χ0) is 17.0. The molecule has 1 aromatic rings. The molecule has 6 heteroatoms. The number of piperidine rings is 1. The van der Waals surface area contributed by atoms with E-state index in [-0.39, 0.29) is 23.8 Å². The summed E-state index contributed by atoms with van der Waals surface area (Å²) in [5.41, 5.74) is 0.0129. The molecule has 0 aliphatic carbocycles. The normalized spacial score (nSPS) is 20.9. The average Bonchev–Trinajstić information content (AvgIpc) is 2.51. The summed E-state index contributed by atoms with van der Waals surface area (Å²) >= 11 is 0. The van der Waals surface area contributed by atoms with Gasteiger partial charge in [-0.1, -0.05) is 13.8 Å². The molecule has 2 atom stereocenters. The molecule has 23 heavy (non-hydrogen) atoms. The van der Waals surface area contributed by atoms with Crippen molar-refractivity contribution in [3.05, 3.63) is 23.8 Å². The molecule has 6 nitrogen and oxygen atoms in total. The van der Waals surface area contributed by atoms with Gasteiger partial charge in [0.2, 0.25) is 0 Å². The highest BCUT2D eigenvalue weighted by Gasteiger charge is 2.26. The number of nitrogens with zero attached hydrogens (tertiary/aromatic N) is 1. The van der Waals surface area contributed by atoms with E-state index in [1.165, 1.54) is 19.2 Å². The summed E-state index contributed by atoms with van der Waals surface area (Å²) in [6.45, 7) is 5.28. The number of hydrogen-bond donors (Lipinski definition) is 1. The number of phenols is 1. The van der Waals surface area contributed by atoms with Crippen molar-refractivity contribution in [2.24, 2.45) is 11.8 Å². The number of carbonyl (C=O) groups is 2. The highest BCUT2D eigenvalue weighted by atomic mass is 16.5. The van der Waals surface area contributed by atoms with Gasteiger partial charge in [-0.05, 0) is 30.4 Å². The SMILES string of the molecule is COc1ccc(C(=O)OCC(=O)N2C[C@H](C)C[C@H](C)C2)c(O)c1. The van der Waals surface area contributed by atoms with Crippen LogP contribution in [0.15, 0.2) is 18.2 Å². The number of benzene rings is 1. The van der Waals surface area contributed by atoms with Gasteiger partial charge in [0.1, 0.15) is 17.1 Å². The first-order valence-electron chi connectivity index (χ1n) is 7.72. The van der Waals surface area contributed by atoms with E-state index in [1.54, 1.807) is 11.0 Å². The second-order valence-electron chi connectivity index (χ2n) is 6.20. The van der Waals surface area contributed by atoms with Gasteiger partial charge in [0, 0.05) is 19.2 Å². The van der Waals surface area contributed by atoms with E-state index in [1.807, 2.05) is 0 Å². The number of carbonyl (C=O) groups excluding carboxylic acids is 2. The van der Waals surface area contributed by atoms with E-state index in [9.17, 15) is 14.7 Å². The second-order valence-corrected chi connectivity index (χ2v) is 6.20. The number of likely N-dealkylation sites (tertiary alicyclic amines) is 1. The van der Waals surface area contributed by atoms with Crippen molar-refractivity contribution in [1.29, 1.82) is 0 Å². The molecule has 126 valence electrons. The maximum atomic E-state index is 12.2. The molecule has 1 amide bonds. The lowest BCUT2D eigenvalue weighted by atomic mass is 9.92. The van der Waals surface area contributed by atoms with Crippen molar-refractivity contribution in [3.63, 3.8) is 0 Å². The third-order valence-corrected chi connectivity index (χ3v) is 3.97. The van der Waals surface area contributed by atoms with Gasteiger partial charge < -0.3 is 19.5 Å². The van der Waals surface area contributed by atoms with Crippen LogP contribution in [0.25, 0.3) is 0 Å². The van der Waals surface area contributed by atoms with Crippen molar-refractivity contribution >= 4 is 11.9 Å². The third kappa shape index (κ3) is 4.37. The minimum absolute atomic E-state index is 0.0129. The Morgan fingerprint density at radius 2 is 1.91 bits per heavy atom. The lowest BCUT2D eigenvalue weighted by Crippen LogP contribution is -2.44. The summed E-state index contributed by atoms with van der Waals surface area (Å²) in [7, 11) is 1.46. The van der Waals surface area contributed by atoms with Gasteiger partial charge >= 0.3 is 5.97 Å². The lowest BCUT2D eigenvalue weighted by Gasteiger charge is -2.34. The number of ether oxygens (including phenoxy) is 2. The molecular weight excluding hydrogens is 298 g/mol. The van der Waals surface area contributed by atoms with Crippen LogP contribution in [0.4, 0.5) is 0 Å². The Bertz CT molecular complexity index is 576. The van der Waals surface area contributed by atoms with Crippen LogP contribution in [0, 0.1) is 11.8 Å². The first-order chi connectivity index (χ1) is 10.9. The number of methoxy groups -OCH3 is 1. The largest absolute Gasteiger partial charge is 0.507 e. The summed E-state index contributed by atoms with van der Waals surface area (Å²) in [6.07, 6.45) is 1.10. The molecule has 0 saturated carbocycles. The molecule has 1 N–H and O–H groups in total. The minimum atomic E-state index is -0.725. The smallest absolute Gasteiger partial charge is 0.342 e. The monoisotopic (exact) mass is 321 g/mol. The topological polar surface area (TPSA) is 76.1 Å². The first kappa shape index (κ1) is 17.1. The minimum Gasteiger partial charge on any atom is -0.507 e. The van der Waals surface area contributed by atoms with E-state index in [0.29, 0.717) is 30.7 Å². The Morgan fingerprint density at radius 1 is 1.26 bits per heavy atom. The van der Waals surface area contributed by atoms with E-state index in [2.05, 4.69) is 13.8 Å². The van der Waals surface area contributed by atoms with Crippen LogP contribution in [0.3, 0.4) is 0 Å². The fourth-order valence-electron chi connectivity index (χ4n) is 2.97. The average molecular weight is 321 g/mol.